The molecular weight excluding hydrogens is 160 g/mol. The Kier molecular flexibility index (Phi) is 2.81. The maximum absolute atomic E-state index is 6.26. The second kappa shape index (κ2) is 3.54. The van der Waals surface area contributed by atoms with Gasteiger partial charge in [0, 0.05) is 17.2 Å². The zero-order chi connectivity index (χ0) is 10.1. The summed E-state index contributed by atoms with van der Waals surface area (Å²) in [4.78, 5) is 0. The normalized spacial score (nSPS) is 34.0. The van der Waals surface area contributed by atoms with Gasteiger partial charge in [0.1, 0.15) is 0 Å². The van der Waals surface area contributed by atoms with Crippen LogP contribution in [0.1, 0.15) is 33.6 Å². The fourth-order valence-electron chi connectivity index (χ4n) is 1.77. The minimum atomic E-state index is -0.232. The van der Waals surface area contributed by atoms with E-state index in [9.17, 15) is 0 Å². The van der Waals surface area contributed by atoms with Crippen LogP contribution in [0.2, 0.25) is 0 Å². The van der Waals surface area contributed by atoms with Gasteiger partial charge in [0.15, 0.2) is 0 Å². The lowest BCUT2D eigenvalue weighted by Gasteiger charge is -2.36. The molecule has 0 aromatic heterocycles. The van der Waals surface area contributed by atoms with Crippen molar-refractivity contribution in [2.75, 3.05) is 0 Å². The Morgan fingerprint density at radius 1 is 1.46 bits per heavy atom. The molecule has 0 aromatic rings. The van der Waals surface area contributed by atoms with Crippen molar-refractivity contribution in [3.05, 3.63) is 23.4 Å². The standard InChI is InChI=1S/C11H20N2/c1-4-9-6-10(12)8(3)11(13,5-2)7-9/h6-8H,4-5,12-13H2,1-3H3. The van der Waals surface area contributed by atoms with Crippen LogP contribution in [0.4, 0.5) is 0 Å². The van der Waals surface area contributed by atoms with Crippen LogP contribution in [0.5, 0.6) is 0 Å². The molecule has 0 radical (unpaired) electrons. The van der Waals surface area contributed by atoms with E-state index in [1.54, 1.807) is 0 Å². The van der Waals surface area contributed by atoms with E-state index in [4.69, 9.17) is 11.5 Å². The molecular formula is C11H20N2. The molecule has 74 valence electrons. The highest BCUT2D eigenvalue weighted by Gasteiger charge is 2.32. The van der Waals surface area contributed by atoms with E-state index in [2.05, 4.69) is 32.9 Å². The molecule has 4 N–H and O–H groups in total. The van der Waals surface area contributed by atoms with Gasteiger partial charge in [-0.15, -0.1) is 0 Å². The molecule has 0 heterocycles. The summed E-state index contributed by atoms with van der Waals surface area (Å²) < 4.78 is 0. The van der Waals surface area contributed by atoms with Crippen molar-refractivity contribution in [2.24, 2.45) is 17.4 Å². The first-order chi connectivity index (χ1) is 6.03. The molecule has 0 saturated carbocycles. The molecule has 0 spiro atoms. The quantitative estimate of drug-likeness (QED) is 0.682. The molecule has 0 saturated heterocycles. The molecule has 0 amide bonds. The van der Waals surface area contributed by atoms with Crippen molar-refractivity contribution in [1.82, 2.24) is 0 Å². The van der Waals surface area contributed by atoms with Gasteiger partial charge in [0.25, 0.3) is 0 Å². The summed E-state index contributed by atoms with van der Waals surface area (Å²) in [5.41, 5.74) is 14.1. The van der Waals surface area contributed by atoms with Gasteiger partial charge in [-0.3, -0.25) is 0 Å². The average Bonchev–Trinajstić information content (AvgIpc) is 2.13. The van der Waals surface area contributed by atoms with Gasteiger partial charge in [0.2, 0.25) is 0 Å². The van der Waals surface area contributed by atoms with Gasteiger partial charge < -0.3 is 11.5 Å². The van der Waals surface area contributed by atoms with Crippen LogP contribution in [0.25, 0.3) is 0 Å². The lowest BCUT2D eigenvalue weighted by Crippen LogP contribution is -2.47. The van der Waals surface area contributed by atoms with Crippen LogP contribution < -0.4 is 11.5 Å². The molecule has 0 fully saturated rings. The van der Waals surface area contributed by atoms with Crippen LogP contribution in [-0.2, 0) is 0 Å². The van der Waals surface area contributed by atoms with E-state index < -0.39 is 0 Å². The summed E-state index contributed by atoms with van der Waals surface area (Å²) >= 11 is 0. The van der Waals surface area contributed by atoms with E-state index in [1.807, 2.05) is 0 Å². The fourth-order valence-corrected chi connectivity index (χ4v) is 1.77. The van der Waals surface area contributed by atoms with Gasteiger partial charge in [-0.2, -0.15) is 0 Å². The van der Waals surface area contributed by atoms with E-state index in [0.29, 0.717) is 0 Å². The molecule has 0 bridgehead atoms. The largest absolute Gasteiger partial charge is 0.402 e. The SMILES string of the molecule is CCC1=CC(N)(CC)C(C)C(N)=C1. The summed E-state index contributed by atoms with van der Waals surface area (Å²) in [6, 6.07) is 0. The van der Waals surface area contributed by atoms with Crippen molar-refractivity contribution < 1.29 is 0 Å². The van der Waals surface area contributed by atoms with Gasteiger partial charge in [-0.05, 0) is 24.5 Å². The highest BCUT2D eigenvalue weighted by Crippen LogP contribution is 2.31. The van der Waals surface area contributed by atoms with Crippen LogP contribution in [0.3, 0.4) is 0 Å². The van der Waals surface area contributed by atoms with Gasteiger partial charge in [-0.1, -0.05) is 26.8 Å². The third-order valence-corrected chi connectivity index (χ3v) is 3.13. The number of hydrogen-bond acceptors (Lipinski definition) is 2. The predicted octanol–water partition coefficient (Wildman–Crippen LogP) is 1.92. The van der Waals surface area contributed by atoms with Crippen LogP contribution in [-0.4, -0.2) is 5.54 Å². The zero-order valence-corrected chi connectivity index (χ0v) is 8.80. The molecule has 0 aromatic carbocycles. The molecule has 2 nitrogen and oxygen atoms in total. The molecule has 1 aliphatic rings. The number of nitrogens with two attached hydrogens (primary N) is 2. The third kappa shape index (κ3) is 1.78. The van der Waals surface area contributed by atoms with E-state index in [0.717, 1.165) is 18.5 Å². The Balaban J connectivity index is 3.02. The van der Waals surface area contributed by atoms with E-state index >= 15 is 0 Å². The lowest BCUT2D eigenvalue weighted by atomic mass is 9.76. The monoisotopic (exact) mass is 180 g/mol. The van der Waals surface area contributed by atoms with Gasteiger partial charge in [0.05, 0.1) is 0 Å². The van der Waals surface area contributed by atoms with E-state index in [1.165, 1.54) is 5.57 Å². The summed E-state index contributed by atoms with van der Waals surface area (Å²) in [5.74, 6) is 0.257. The average molecular weight is 180 g/mol. The molecule has 2 heteroatoms. The Morgan fingerprint density at radius 3 is 2.54 bits per heavy atom. The van der Waals surface area contributed by atoms with Gasteiger partial charge >= 0.3 is 0 Å². The minimum absolute atomic E-state index is 0.232. The van der Waals surface area contributed by atoms with Crippen molar-refractivity contribution in [3.63, 3.8) is 0 Å². The van der Waals surface area contributed by atoms with Crippen molar-refractivity contribution >= 4 is 0 Å². The molecule has 2 atom stereocenters. The van der Waals surface area contributed by atoms with Crippen molar-refractivity contribution in [1.29, 1.82) is 0 Å². The van der Waals surface area contributed by atoms with Crippen molar-refractivity contribution in [2.45, 2.75) is 39.2 Å². The number of rotatable bonds is 2. The maximum Gasteiger partial charge on any atom is 0.0423 e. The third-order valence-electron chi connectivity index (χ3n) is 3.13. The fraction of sp³-hybridized carbons (Fsp3) is 0.636. The Morgan fingerprint density at radius 2 is 2.08 bits per heavy atom. The second-order valence-electron chi connectivity index (χ2n) is 3.90. The van der Waals surface area contributed by atoms with E-state index in [-0.39, 0.29) is 11.5 Å². The van der Waals surface area contributed by atoms with Crippen LogP contribution in [0, 0.1) is 5.92 Å². The first-order valence-corrected chi connectivity index (χ1v) is 5.01. The van der Waals surface area contributed by atoms with Gasteiger partial charge in [-0.25, -0.2) is 0 Å². The molecule has 0 aliphatic heterocycles. The Bertz CT molecular complexity index is 253. The van der Waals surface area contributed by atoms with Crippen LogP contribution in [0.15, 0.2) is 23.4 Å². The highest BCUT2D eigenvalue weighted by atomic mass is 14.8. The second-order valence-corrected chi connectivity index (χ2v) is 3.90. The molecule has 1 rings (SSSR count). The topological polar surface area (TPSA) is 52.0 Å². The predicted molar refractivity (Wildman–Crippen MR) is 57.0 cm³/mol. The van der Waals surface area contributed by atoms with Crippen LogP contribution >= 0.6 is 0 Å². The minimum Gasteiger partial charge on any atom is -0.402 e. The zero-order valence-electron chi connectivity index (χ0n) is 8.80. The first-order valence-electron chi connectivity index (χ1n) is 5.01. The summed E-state index contributed by atoms with van der Waals surface area (Å²) in [6.07, 6.45) is 6.18. The first kappa shape index (κ1) is 10.3. The smallest absolute Gasteiger partial charge is 0.0423 e. The maximum atomic E-state index is 6.26. The summed E-state index contributed by atoms with van der Waals surface area (Å²) in [5, 5.41) is 0. The lowest BCUT2D eigenvalue weighted by molar-refractivity contribution is 0.380. The summed E-state index contributed by atoms with van der Waals surface area (Å²) in [6.45, 7) is 6.33. The molecule has 13 heavy (non-hydrogen) atoms. The Labute approximate surface area is 80.7 Å². The van der Waals surface area contributed by atoms with Crippen molar-refractivity contribution in [3.8, 4) is 0 Å². The Hall–Kier alpha value is -0.760. The number of hydrogen-bond donors (Lipinski definition) is 2. The molecule has 1 aliphatic carbocycles. The summed E-state index contributed by atoms with van der Waals surface area (Å²) in [7, 11) is 0. The molecule has 2 unspecified atom stereocenters. The number of allylic oxidation sites excluding steroid dienone is 2. The highest BCUT2D eigenvalue weighted by molar-refractivity contribution is 5.35.